The van der Waals surface area contributed by atoms with Gasteiger partial charge < -0.3 is 19.1 Å². The SMILES string of the molecule is COc1ccc(S(=O)(=O)N2C[C@H]3CN(C(=O)[C@H]4CCOC4)C[C@@H](C2)O3)cc1. The van der Waals surface area contributed by atoms with Gasteiger partial charge in [-0.2, -0.15) is 4.31 Å². The third-order valence-electron chi connectivity index (χ3n) is 5.34. The largest absolute Gasteiger partial charge is 0.497 e. The van der Waals surface area contributed by atoms with E-state index in [1.165, 1.54) is 11.4 Å². The molecule has 4 rings (SSSR count). The van der Waals surface area contributed by atoms with Gasteiger partial charge in [-0.05, 0) is 30.7 Å². The molecule has 0 N–H and O–H groups in total. The first-order valence-corrected chi connectivity index (χ1v) is 10.6. The molecule has 3 aliphatic heterocycles. The zero-order chi connectivity index (χ0) is 19.0. The van der Waals surface area contributed by atoms with E-state index in [-0.39, 0.29) is 42.0 Å². The van der Waals surface area contributed by atoms with Crippen LogP contribution in [0.3, 0.4) is 0 Å². The lowest BCUT2D eigenvalue weighted by atomic mass is 10.0. The lowest BCUT2D eigenvalue weighted by Crippen LogP contribution is -2.62. The fourth-order valence-corrected chi connectivity index (χ4v) is 5.42. The zero-order valence-corrected chi connectivity index (χ0v) is 16.1. The molecular weight excluding hydrogens is 372 g/mol. The number of methoxy groups -OCH3 is 1. The van der Waals surface area contributed by atoms with Gasteiger partial charge in [-0.3, -0.25) is 4.79 Å². The summed E-state index contributed by atoms with van der Waals surface area (Å²) in [5.41, 5.74) is 0. The number of hydrogen-bond acceptors (Lipinski definition) is 6. The van der Waals surface area contributed by atoms with E-state index >= 15 is 0 Å². The second kappa shape index (κ2) is 7.38. The van der Waals surface area contributed by atoms with Crippen LogP contribution in [0, 0.1) is 5.92 Å². The van der Waals surface area contributed by atoms with Crippen LogP contribution in [0.25, 0.3) is 0 Å². The summed E-state index contributed by atoms with van der Waals surface area (Å²) in [5.74, 6) is 0.623. The average molecular weight is 396 g/mol. The number of fused-ring (bicyclic) bond motifs is 2. The maximum absolute atomic E-state index is 13.0. The average Bonchev–Trinajstić information content (AvgIpc) is 3.21. The molecule has 3 saturated heterocycles. The van der Waals surface area contributed by atoms with Crippen LogP contribution in [0.5, 0.6) is 5.75 Å². The van der Waals surface area contributed by atoms with Gasteiger partial charge in [0, 0.05) is 32.8 Å². The minimum absolute atomic E-state index is 0.0806. The molecule has 1 aromatic carbocycles. The van der Waals surface area contributed by atoms with E-state index in [1.54, 1.807) is 24.3 Å². The van der Waals surface area contributed by atoms with E-state index in [2.05, 4.69) is 0 Å². The summed E-state index contributed by atoms with van der Waals surface area (Å²) in [6.45, 7) is 2.43. The quantitative estimate of drug-likeness (QED) is 0.729. The maximum atomic E-state index is 13.0. The predicted octanol–water partition coefficient (Wildman–Crippen LogP) is 0.332. The van der Waals surface area contributed by atoms with Gasteiger partial charge in [-0.15, -0.1) is 0 Å². The van der Waals surface area contributed by atoms with Crippen molar-refractivity contribution in [1.29, 1.82) is 0 Å². The number of rotatable bonds is 4. The normalized spacial score (nSPS) is 28.9. The molecule has 2 bridgehead atoms. The van der Waals surface area contributed by atoms with Gasteiger partial charge in [0.2, 0.25) is 15.9 Å². The Bertz CT molecular complexity index is 777. The molecule has 1 amide bonds. The molecule has 8 nitrogen and oxygen atoms in total. The minimum atomic E-state index is -3.61. The van der Waals surface area contributed by atoms with Crippen LogP contribution in [0.2, 0.25) is 0 Å². The fourth-order valence-electron chi connectivity index (χ4n) is 3.92. The van der Waals surface area contributed by atoms with Gasteiger partial charge in [0.05, 0.1) is 36.7 Å². The molecule has 3 heterocycles. The van der Waals surface area contributed by atoms with Gasteiger partial charge in [0.15, 0.2) is 0 Å². The third kappa shape index (κ3) is 3.69. The Kier molecular flexibility index (Phi) is 5.11. The first-order chi connectivity index (χ1) is 13.0. The standard InChI is InChI=1S/C18H24N2O6S/c1-24-14-2-4-17(5-3-14)27(22,23)20-10-15-8-19(9-16(11-20)26-15)18(21)13-6-7-25-12-13/h2-5,13,15-16H,6-12H2,1H3/t13-,15-,16+/m0/s1. The molecule has 27 heavy (non-hydrogen) atoms. The van der Waals surface area contributed by atoms with E-state index in [4.69, 9.17) is 14.2 Å². The summed E-state index contributed by atoms with van der Waals surface area (Å²) >= 11 is 0. The first-order valence-electron chi connectivity index (χ1n) is 9.13. The highest BCUT2D eigenvalue weighted by atomic mass is 32.2. The zero-order valence-electron chi connectivity index (χ0n) is 15.2. The Hall–Kier alpha value is -1.68. The van der Waals surface area contributed by atoms with Crippen LogP contribution in [0.1, 0.15) is 6.42 Å². The molecule has 1 aromatic rings. The molecule has 0 aromatic heterocycles. The summed E-state index contributed by atoms with van der Waals surface area (Å²) in [4.78, 5) is 14.7. The Morgan fingerprint density at radius 3 is 2.33 bits per heavy atom. The van der Waals surface area contributed by atoms with E-state index in [0.717, 1.165) is 6.42 Å². The van der Waals surface area contributed by atoms with Crippen LogP contribution in [0.4, 0.5) is 0 Å². The van der Waals surface area contributed by atoms with E-state index in [9.17, 15) is 13.2 Å². The predicted molar refractivity (Wildman–Crippen MR) is 95.9 cm³/mol. The van der Waals surface area contributed by atoms with Crippen LogP contribution in [-0.4, -0.2) is 82.2 Å². The lowest BCUT2D eigenvalue weighted by Gasteiger charge is -2.45. The smallest absolute Gasteiger partial charge is 0.243 e. The Morgan fingerprint density at radius 2 is 1.78 bits per heavy atom. The molecule has 0 radical (unpaired) electrons. The van der Waals surface area contributed by atoms with Gasteiger partial charge in [-0.25, -0.2) is 8.42 Å². The van der Waals surface area contributed by atoms with Gasteiger partial charge in [0.1, 0.15) is 5.75 Å². The van der Waals surface area contributed by atoms with Crippen molar-refractivity contribution in [2.45, 2.75) is 23.5 Å². The van der Waals surface area contributed by atoms with Crippen molar-refractivity contribution in [3.8, 4) is 5.75 Å². The Labute approximate surface area is 159 Å². The van der Waals surface area contributed by atoms with Crippen molar-refractivity contribution in [3.05, 3.63) is 24.3 Å². The minimum Gasteiger partial charge on any atom is -0.497 e. The lowest BCUT2D eigenvalue weighted by molar-refractivity contribution is -0.158. The highest BCUT2D eigenvalue weighted by molar-refractivity contribution is 7.89. The Balaban J connectivity index is 1.45. The summed E-state index contributed by atoms with van der Waals surface area (Å²) in [6, 6.07) is 6.38. The van der Waals surface area contributed by atoms with Crippen molar-refractivity contribution in [2.24, 2.45) is 5.92 Å². The van der Waals surface area contributed by atoms with Crippen molar-refractivity contribution < 1.29 is 27.4 Å². The van der Waals surface area contributed by atoms with E-state index in [0.29, 0.717) is 32.1 Å². The highest BCUT2D eigenvalue weighted by Gasteiger charge is 2.42. The molecule has 9 heteroatoms. The number of ether oxygens (including phenoxy) is 3. The number of morpholine rings is 2. The summed E-state index contributed by atoms with van der Waals surface area (Å²) < 4.78 is 43.7. The van der Waals surface area contributed by atoms with E-state index in [1.807, 2.05) is 4.90 Å². The third-order valence-corrected chi connectivity index (χ3v) is 7.18. The van der Waals surface area contributed by atoms with Crippen LogP contribution in [0.15, 0.2) is 29.2 Å². The molecule has 148 valence electrons. The fraction of sp³-hybridized carbons (Fsp3) is 0.611. The highest BCUT2D eigenvalue weighted by Crippen LogP contribution is 2.27. The topological polar surface area (TPSA) is 85.4 Å². The number of benzene rings is 1. The van der Waals surface area contributed by atoms with Crippen molar-refractivity contribution in [3.63, 3.8) is 0 Å². The van der Waals surface area contributed by atoms with Gasteiger partial charge in [0.25, 0.3) is 0 Å². The molecule has 0 saturated carbocycles. The van der Waals surface area contributed by atoms with Crippen molar-refractivity contribution in [1.82, 2.24) is 9.21 Å². The summed E-state index contributed by atoms with van der Waals surface area (Å²) in [5, 5.41) is 0. The van der Waals surface area contributed by atoms with E-state index < -0.39 is 10.0 Å². The number of hydrogen-bond donors (Lipinski definition) is 0. The Morgan fingerprint density at radius 1 is 1.11 bits per heavy atom. The number of carbonyl (C=O) groups is 1. The molecule has 0 aliphatic carbocycles. The molecule has 0 unspecified atom stereocenters. The van der Waals surface area contributed by atoms with Crippen LogP contribution < -0.4 is 4.74 Å². The second-order valence-electron chi connectivity index (χ2n) is 7.18. The monoisotopic (exact) mass is 396 g/mol. The van der Waals surface area contributed by atoms with Gasteiger partial charge in [-0.1, -0.05) is 0 Å². The molecular formula is C18H24N2O6S. The van der Waals surface area contributed by atoms with Crippen molar-refractivity contribution in [2.75, 3.05) is 46.5 Å². The first kappa shape index (κ1) is 18.7. The second-order valence-corrected chi connectivity index (χ2v) is 9.12. The number of nitrogens with zero attached hydrogens (tertiary/aromatic N) is 2. The molecule has 3 fully saturated rings. The number of carbonyl (C=O) groups excluding carboxylic acids is 1. The number of amides is 1. The molecule has 0 spiro atoms. The van der Waals surface area contributed by atoms with Crippen LogP contribution >= 0.6 is 0 Å². The maximum Gasteiger partial charge on any atom is 0.243 e. The molecule has 3 atom stereocenters. The number of sulfonamides is 1. The van der Waals surface area contributed by atoms with Gasteiger partial charge >= 0.3 is 0 Å². The molecule has 3 aliphatic rings. The van der Waals surface area contributed by atoms with Crippen molar-refractivity contribution >= 4 is 15.9 Å². The van der Waals surface area contributed by atoms with Crippen LogP contribution in [-0.2, 0) is 24.3 Å². The summed E-state index contributed by atoms with van der Waals surface area (Å²) in [7, 11) is -2.07. The summed E-state index contributed by atoms with van der Waals surface area (Å²) in [6.07, 6.45) is 0.136.